The van der Waals surface area contributed by atoms with E-state index in [4.69, 9.17) is 21.7 Å². The first-order chi connectivity index (χ1) is 11.5. The minimum absolute atomic E-state index is 0.0562. The van der Waals surface area contributed by atoms with E-state index in [-0.39, 0.29) is 6.04 Å². The Bertz CT molecular complexity index is 704. The monoisotopic (exact) mass is 344 g/mol. The summed E-state index contributed by atoms with van der Waals surface area (Å²) >= 11 is 5.38. The maximum absolute atomic E-state index is 5.81. The van der Waals surface area contributed by atoms with Gasteiger partial charge >= 0.3 is 0 Å². The minimum atomic E-state index is 0.0562. The summed E-state index contributed by atoms with van der Waals surface area (Å²) in [5.74, 6) is 1.45. The number of methoxy groups -OCH3 is 1. The number of para-hydroxylation sites is 2. The van der Waals surface area contributed by atoms with Crippen molar-refractivity contribution < 1.29 is 9.47 Å². The summed E-state index contributed by atoms with van der Waals surface area (Å²) in [5, 5.41) is 7.04. The average Bonchev–Trinajstić information content (AvgIpc) is 2.55. The Morgan fingerprint density at radius 2 is 1.83 bits per heavy atom. The van der Waals surface area contributed by atoms with Crippen LogP contribution in [0.1, 0.15) is 18.1 Å². The lowest BCUT2D eigenvalue weighted by atomic mass is 10.1. The smallest absolute Gasteiger partial charge is 0.171 e. The third kappa shape index (κ3) is 5.13. The zero-order chi connectivity index (χ0) is 17.5. The number of thiocarbonyl (C=S) groups is 1. The van der Waals surface area contributed by atoms with Crippen molar-refractivity contribution in [3.63, 3.8) is 0 Å². The Morgan fingerprint density at radius 1 is 1.12 bits per heavy atom. The molecule has 0 unspecified atom stereocenters. The van der Waals surface area contributed by atoms with Gasteiger partial charge in [-0.1, -0.05) is 29.8 Å². The third-order valence-electron chi connectivity index (χ3n) is 3.57. The molecule has 0 bridgehead atoms. The predicted octanol–water partition coefficient (Wildman–Crippen LogP) is 4.07. The van der Waals surface area contributed by atoms with Gasteiger partial charge in [0, 0.05) is 5.69 Å². The van der Waals surface area contributed by atoms with Gasteiger partial charge in [0.25, 0.3) is 0 Å². The maximum atomic E-state index is 5.81. The number of rotatable bonds is 6. The van der Waals surface area contributed by atoms with E-state index in [1.54, 1.807) is 7.11 Å². The van der Waals surface area contributed by atoms with Crippen LogP contribution >= 0.6 is 12.2 Å². The zero-order valence-corrected chi connectivity index (χ0v) is 15.4. The Labute approximate surface area is 149 Å². The molecule has 0 fully saturated rings. The first-order valence-electron chi connectivity index (χ1n) is 7.90. The van der Waals surface area contributed by atoms with Crippen molar-refractivity contribution in [3.05, 3.63) is 53.6 Å². The molecule has 0 aliphatic rings. The van der Waals surface area contributed by atoms with Crippen LogP contribution in [0.25, 0.3) is 0 Å². The molecule has 0 saturated carbocycles. The van der Waals surface area contributed by atoms with Crippen LogP contribution in [0.15, 0.2) is 42.5 Å². The van der Waals surface area contributed by atoms with Crippen LogP contribution < -0.4 is 20.1 Å². The molecule has 128 valence electrons. The summed E-state index contributed by atoms with van der Waals surface area (Å²) in [6.07, 6.45) is 0. The van der Waals surface area contributed by atoms with Gasteiger partial charge in [-0.2, -0.15) is 0 Å². The highest BCUT2D eigenvalue weighted by molar-refractivity contribution is 7.80. The van der Waals surface area contributed by atoms with Crippen molar-refractivity contribution in [3.8, 4) is 11.5 Å². The van der Waals surface area contributed by atoms with Crippen molar-refractivity contribution in [2.45, 2.75) is 26.8 Å². The molecule has 0 saturated heterocycles. The van der Waals surface area contributed by atoms with Gasteiger partial charge in [-0.05, 0) is 56.8 Å². The Morgan fingerprint density at radius 3 is 2.50 bits per heavy atom. The summed E-state index contributed by atoms with van der Waals surface area (Å²) in [6.45, 7) is 6.64. The number of anilines is 1. The Kier molecular flexibility index (Phi) is 6.44. The molecule has 1 atom stereocenters. The molecular formula is C19H24N2O2S. The summed E-state index contributed by atoms with van der Waals surface area (Å²) in [5.41, 5.74) is 3.41. The largest absolute Gasteiger partial charge is 0.493 e. The highest BCUT2D eigenvalue weighted by Gasteiger charge is 2.09. The maximum Gasteiger partial charge on any atom is 0.171 e. The van der Waals surface area contributed by atoms with Crippen molar-refractivity contribution in [2.24, 2.45) is 0 Å². The molecule has 0 aliphatic carbocycles. The number of ether oxygens (including phenoxy) is 2. The summed E-state index contributed by atoms with van der Waals surface area (Å²) in [4.78, 5) is 0. The second-order valence-electron chi connectivity index (χ2n) is 5.78. The lowest BCUT2D eigenvalue weighted by molar-refractivity contribution is 0.270. The fourth-order valence-electron chi connectivity index (χ4n) is 2.33. The van der Waals surface area contributed by atoms with Crippen LogP contribution in [0.5, 0.6) is 11.5 Å². The van der Waals surface area contributed by atoms with E-state index in [0.29, 0.717) is 11.7 Å². The first kappa shape index (κ1) is 18.1. The van der Waals surface area contributed by atoms with Gasteiger partial charge in [-0.25, -0.2) is 0 Å². The molecule has 24 heavy (non-hydrogen) atoms. The predicted molar refractivity (Wildman–Crippen MR) is 103 cm³/mol. The molecular weight excluding hydrogens is 320 g/mol. The Hall–Kier alpha value is -2.27. The molecule has 2 aromatic rings. The molecule has 0 spiro atoms. The number of hydrogen-bond donors (Lipinski definition) is 2. The van der Waals surface area contributed by atoms with Gasteiger partial charge in [0.1, 0.15) is 6.61 Å². The molecule has 2 aromatic carbocycles. The minimum Gasteiger partial charge on any atom is -0.493 e. The normalized spacial score (nSPS) is 11.5. The molecule has 0 heterocycles. The van der Waals surface area contributed by atoms with E-state index in [1.807, 2.05) is 37.3 Å². The van der Waals surface area contributed by atoms with Crippen molar-refractivity contribution in [1.82, 2.24) is 5.32 Å². The summed E-state index contributed by atoms with van der Waals surface area (Å²) in [7, 11) is 1.63. The fourth-order valence-corrected chi connectivity index (χ4v) is 2.64. The summed E-state index contributed by atoms with van der Waals surface area (Å²) in [6, 6.07) is 13.9. The van der Waals surface area contributed by atoms with Gasteiger partial charge < -0.3 is 20.1 Å². The number of nitrogens with one attached hydrogen (secondary N) is 2. The second kappa shape index (κ2) is 8.55. The van der Waals surface area contributed by atoms with Crippen molar-refractivity contribution in [2.75, 3.05) is 19.0 Å². The van der Waals surface area contributed by atoms with E-state index in [0.717, 1.165) is 22.7 Å². The van der Waals surface area contributed by atoms with Crippen molar-refractivity contribution >= 4 is 23.0 Å². The van der Waals surface area contributed by atoms with E-state index in [2.05, 4.69) is 36.6 Å². The third-order valence-corrected chi connectivity index (χ3v) is 3.79. The van der Waals surface area contributed by atoms with Crippen LogP contribution in [0, 0.1) is 13.8 Å². The second-order valence-corrected chi connectivity index (χ2v) is 6.19. The van der Waals surface area contributed by atoms with Gasteiger partial charge in [-0.15, -0.1) is 0 Å². The van der Waals surface area contributed by atoms with E-state index >= 15 is 0 Å². The number of hydrogen-bond acceptors (Lipinski definition) is 3. The standard InChI is InChI=1S/C19H24N2O2S/c1-13-9-10-16(14(2)11-13)21-19(24)20-15(3)12-23-18-8-6-5-7-17(18)22-4/h5-11,15H,12H2,1-4H3,(H2,20,21,24)/t15-/m0/s1. The van der Waals surface area contributed by atoms with E-state index in [9.17, 15) is 0 Å². The lowest BCUT2D eigenvalue weighted by Crippen LogP contribution is -2.39. The highest BCUT2D eigenvalue weighted by atomic mass is 32.1. The molecule has 0 radical (unpaired) electrons. The highest BCUT2D eigenvalue weighted by Crippen LogP contribution is 2.25. The topological polar surface area (TPSA) is 42.5 Å². The molecule has 4 nitrogen and oxygen atoms in total. The van der Waals surface area contributed by atoms with Crippen LogP contribution in [0.2, 0.25) is 0 Å². The van der Waals surface area contributed by atoms with Gasteiger partial charge in [0.15, 0.2) is 16.6 Å². The quantitative estimate of drug-likeness (QED) is 0.774. The molecule has 2 N–H and O–H groups in total. The first-order valence-corrected chi connectivity index (χ1v) is 8.31. The van der Waals surface area contributed by atoms with Crippen LogP contribution in [0.4, 0.5) is 5.69 Å². The Balaban J connectivity index is 1.85. The van der Waals surface area contributed by atoms with E-state index < -0.39 is 0 Å². The van der Waals surface area contributed by atoms with Crippen LogP contribution in [0.3, 0.4) is 0 Å². The van der Waals surface area contributed by atoms with Crippen LogP contribution in [-0.4, -0.2) is 24.9 Å². The van der Waals surface area contributed by atoms with E-state index in [1.165, 1.54) is 5.56 Å². The van der Waals surface area contributed by atoms with Gasteiger partial charge in [-0.3, -0.25) is 0 Å². The molecule has 0 aromatic heterocycles. The zero-order valence-electron chi connectivity index (χ0n) is 14.6. The van der Waals surface area contributed by atoms with Gasteiger partial charge in [0.05, 0.1) is 13.2 Å². The summed E-state index contributed by atoms with van der Waals surface area (Å²) < 4.78 is 11.1. The number of benzene rings is 2. The molecule has 0 aliphatic heterocycles. The SMILES string of the molecule is COc1ccccc1OC[C@H](C)NC(=S)Nc1ccc(C)cc1C. The molecule has 5 heteroatoms. The molecule has 2 rings (SSSR count). The fraction of sp³-hybridized carbons (Fsp3) is 0.316. The van der Waals surface area contributed by atoms with Gasteiger partial charge in [0.2, 0.25) is 0 Å². The molecule has 0 amide bonds. The number of aryl methyl sites for hydroxylation is 2. The van der Waals surface area contributed by atoms with Crippen LogP contribution in [-0.2, 0) is 0 Å². The lowest BCUT2D eigenvalue weighted by Gasteiger charge is -2.19. The van der Waals surface area contributed by atoms with Crippen molar-refractivity contribution in [1.29, 1.82) is 0 Å². The average molecular weight is 344 g/mol.